The molecule has 0 radical (unpaired) electrons. The van der Waals surface area contributed by atoms with Gasteiger partial charge in [0.25, 0.3) is 0 Å². The molecule has 1 atom stereocenters. The lowest BCUT2D eigenvalue weighted by atomic mass is 10.0. The Hall–Kier alpha value is -1.53. The number of thiazole rings is 1. The van der Waals surface area contributed by atoms with Crippen molar-refractivity contribution in [2.75, 3.05) is 12.4 Å². The molecule has 1 aliphatic rings. The lowest BCUT2D eigenvalue weighted by molar-refractivity contribution is 0.0701. The number of ether oxygens (including phenoxy) is 1. The number of aryl methyl sites for hydroxylation is 1. The number of thioether (sulfide) groups is 1. The van der Waals surface area contributed by atoms with Gasteiger partial charge in [0.05, 0.1) is 12.3 Å². The van der Waals surface area contributed by atoms with Crippen LogP contribution >= 0.6 is 23.1 Å². The van der Waals surface area contributed by atoms with Crippen molar-refractivity contribution in [3.8, 4) is 5.75 Å². The molecule has 0 spiro atoms. The van der Waals surface area contributed by atoms with Crippen LogP contribution in [0.3, 0.4) is 0 Å². The number of carbonyl (C=O) groups is 1. The smallest absolute Gasteiger partial charge is 0.347 e. The molecule has 1 unspecified atom stereocenters. The van der Waals surface area contributed by atoms with Crippen LogP contribution in [0.2, 0.25) is 0 Å². The fourth-order valence-electron chi connectivity index (χ4n) is 2.17. The number of aromatic nitrogens is 1. The van der Waals surface area contributed by atoms with Crippen molar-refractivity contribution in [1.29, 1.82) is 0 Å². The molecular weight excluding hydrogens is 294 g/mol. The molecule has 0 fully saturated rings. The molecular formula is C14H13NO3S2. The van der Waals surface area contributed by atoms with Crippen LogP contribution in [0.25, 0.3) is 0 Å². The van der Waals surface area contributed by atoms with Gasteiger partial charge in [0.15, 0.2) is 4.34 Å². The van der Waals surface area contributed by atoms with Gasteiger partial charge in [0.2, 0.25) is 0 Å². The van der Waals surface area contributed by atoms with Gasteiger partial charge in [-0.15, -0.1) is 11.3 Å². The molecule has 3 rings (SSSR count). The Labute approximate surface area is 124 Å². The number of rotatable bonds is 4. The highest BCUT2D eigenvalue weighted by Crippen LogP contribution is 2.38. The summed E-state index contributed by atoms with van der Waals surface area (Å²) in [6, 6.07) is 8.05. The van der Waals surface area contributed by atoms with Crippen LogP contribution in [-0.2, 0) is 0 Å². The van der Waals surface area contributed by atoms with Crippen molar-refractivity contribution in [2.24, 2.45) is 0 Å². The van der Waals surface area contributed by atoms with Gasteiger partial charge in [-0.05, 0) is 13.0 Å². The number of hydrogen-bond donors (Lipinski definition) is 1. The number of para-hydroxylation sites is 1. The highest BCUT2D eigenvalue weighted by molar-refractivity contribution is 8.01. The molecule has 20 heavy (non-hydrogen) atoms. The van der Waals surface area contributed by atoms with Gasteiger partial charge >= 0.3 is 5.97 Å². The van der Waals surface area contributed by atoms with Gasteiger partial charge in [0, 0.05) is 17.2 Å². The number of fused-ring (bicyclic) bond motifs is 1. The van der Waals surface area contributed by atoms with Crippen LogP contribution in [-0.4, -0.2) is 28.4 Å². The summed E-state index contributed by atoms with van der Waals surface area (Å²) in [6.07, 6.45) is 0. The standard InChI is InChI=1S/C14H13NO3S2/c1-8-12(13(16)17)20-14(15-8)19-7-9-6-18-11-5-3-2-4-10(9)11/h2-5,9H,6-7H2,1H3,(H,16,17). The molecule has 1 aliphatic heterocycles. The number of nitrogens with zero attached hydrogens (tertiary/aromatic N) is 1. The van der Waals surface area contributed by atoms with Gasteiger partial charge in [-0.2, -0.15) is 0 Å². The molecule has 2 heterocycles. The Morgan fingerprint density at radius 2 is 2.35 bits per heavy atom. The van der Waals surface area contributed by atoms with Crippen LogP contribution in [0.4, 0.5) is 0 Å². The monoisotopic (exact) mass is 307 g/mol. The first-order valence-electron chi connectivity index (χ1n) is 6.20. The minimum absolute atomic E-state index is 0.329. The lowest BCUT2D eigenvalue weighted by Gasteiger charge is -2.06. The van der Waals surface area contributed by atoms with Crippen LogP contribution in [0.5, 0.6) is 5.75 Å². The Morgan fingerprint density at radius 3 is 3.10 bits per heavy atom. The summed E-state index contributed by atoms with van der Waals surface area (Å²) in [5, 5.41) is 9.03. The summed E-state index contributed by atoms with van der Waals surface area (Å²) < 4.78 is 6.45. The minimum Gasteiger partial charge on any atom is -0.493 e. The van der Waals surface area contributed by atoms with Gasteiger partial charge in [-0.25, -0.2) is 9.78 Å². The molecule has 4 nitrogen and oxygen atoms in total. The molecule has 0 saturated heterocycles. The molecule has 2 aromatic rings. The zero-order chi connectivity index (χ0) is 14.1. The highest BCUT2D eigenvalue weighted by Gasteiger charge is 2.24. The highest BCUT2D eigenvalue weighted by atomic mass is 32.2. The Balaban J connectivity index is 1.69. The summed E-state index contributed by atoms with van der Waals surface area (Å²) in [7, 11) is 0. The topological polar surface area (TPSA) is 59.4 Å². The van der Waals surface area contributed by atoms with E-state index in [9.17, 15) is 4.79 Å². The molecule has 0 aliphatic carbocycles. The molecule has 1 N–H and O–H groups in total. The third kappa shape index (κ3) is 2.53. The Morgan fingerprint density at radius 1 is 1.55 bits per heavy atom. The maximum Gasteiger partial charge on any atom is 0.347 e. The van der Waals surface area contributed by atoms with Crippen LogP contribution in [0, 0.1) is 6.92 Å². The van der Waals surface area contributed by atoms with Crippen LogP contribution in [0.15, 0.2) is 28.6 Å². The van der Waals surface area contributed by atoms with E-state index in [1.165, 1.54) is 16.9 Å². The molecule has 104 valence electrons. The Kier molecular flexibility index (Phi) is 3.67. The van der Waals surface area contributed by atoms with E-state index >= 15 is 0 Å². The van der Waals surface area contributed by atoms with Gasteiger partial charge < -0.3 is 9.84 Å². The SMILES string of the molecule is Cc1nc(SCC2COc3ccccc32)sc1C(=O)O. The third-order valence-corrected chi connectivity index (χ3v) is 5.63. The second kappa shape index (κ2) is 5.46. The maximum atomic E-state index is 11.0. The zero-order valence-corrected chi connectivity index (χ0v) is 12.5. The molecule has 0 bridgehead atoms. The molecule has 6 heteroatoms. The quantitative estimate of drug-likeness (QED) is 0.877. The summed E-state index contributed by atoms with van der Waals surface area (Å²) in [5.74, 6) is 1.25. The number of aromatic carboxylic acids is 1. The first-order chi connectivity index (χ1) is 9.65. The molecule has 1 aromatic carbocycles. The average molecular weight is 307 g/mol. The van der Waals surface area contributed by atoms with E-state index in [2.05, 4.69) is 11.1 Å². The number of carboxylic acid groups (broad SMARTS) is 1. The number of benzene rings is 1. The van der Waals surface area contributed by atoms with Gasteiger partial charge in [-0.3, -0.25) is 0 Å². The number of carboxylic acids is 1. The fraction of sp³-hybridized carbons (Fsp3) is 0.286. The zero-order valence-electron chi connectivity index (χ0n) is 10.8. The van der Waals surface area contributed by atoms with Gasteiger partial charge in [-0.1, -0.05) is 30.0 Å². The predicted molar refractivity (Wildman–Crippen MR) is 79.2 cm³/mol. The Bertz CT molecular complexity index is 654. The summed E-state index contributed by atoms with van der Waals surface area (Å²) in [5.41, 5.74) is 1.82. The van der Waals surface area contributed by atoms with E-state index in [0.717, 1.165) is 15.8 Å². The molecule has 1 aromatic heterocycles. The van der Waals surface area contributed by atoms with E-state index in [1.807, 2.05) is 18.2 Å². The molecule has 0 saturated carbocycles. The maximum absolute atomic E-state index is 11.0. The van der Waals surface area contributed by atoms with Crippen LogP contribution in [0.1, 0.15) is 26.8 Å². The molecule has 0 amide bonds. The largest absolute Gasteiger partial charge is 0.493 e. The lowest BCUT2D eigenvalue weighted by Crippen LogP contribution is -2.03. The summed E-state index contributed by atoms with van der Waals surface area (Å²) >= 11 is 2.84. The van der Waals surface area contributed by atoms with Crippen molar-refractivity contribution in [2.45, 2.75) is 17.2 Å². The van der Waals surface area contributed by atoms with Crippen molar-refractivity contribution >= 4 is 29.1 Å². The van der Waals surface area contributed by atoms with E-state index in [-0.39, 0.29) is 0 Å². The van der Waals surface area contributed by atoms with Gasteiger partial charge in [0.1, 0.15) is 10.6 Å². The third-order valence-electron chi connectivity index (χ3n) is 3.18. The summed E-state index contributed by atoms with van der Waals surface area (Å²) in [4.78, 5) is 15.6. The average Bonchev–Trinajstić information content (AvgIpc) is 3.00. The second-order valence-corrected chi connectivity index (χ2v) is 6.82. The first-order valence-corrected chi connectivity index (χ1v) is 8.00. The van der Waals surface area contributed by atoms with E-state index < -0.39 is 5.97 Å². The minimum atomic E-state index is -0.901. The predicted octanol–water partition coefficient (Wildman–Crippen LogP) is 3.42. The second-order valence-electron chi connectivity index (χ2n) is 4.56. The number of hydrogen-bond acceptors (Lipinski definition) is 5. The normalized spacial score (nSPS) is 16.8. The van der Waals surface area contributed by atoms with E-state index in [0.29, 0.717) is 23.1 Å². The first kappa shape index (κ1) is 13.5. The van der Waals surface area contributed by atoms with Crippen molar-refractivity contribution in [3.05, 3.63) is 40.4 Å². The van der Waals surface area contributed by atoms with Crippen LogP contribution < -0.4 is 4.74 Å². The van der Waals surface area contributed by atoms with Crippen molar-refractivity contribution in [1.82, 2.24) is 4.98 Å². The fourth-order valence-corrected chi connectivity index (χ4v) is 4.32. The van der Waals surface area contributed by atoms with Crippen molar-refractivity contribution < 1.29 is 14.6 Å². The summed E-state index contributed by atoms with van der Waals surface area (Å²) in [6.45, 7) is 2.42. The van der Waals surface area contributed by atoms with Crippen molar-refractivity contribution in [3.63, 3.8) is 0 Å². The van der Waals surface area contributed by atoms with E-state index in [4.69, 9.17) is 9.84 Å². The van der Waals surface area contributed by atoms with E-state index in [1.54, 1.807) is 18.7 Å².